The van der Waals surface area contributed by atoms with Crippen LogP contribution in [0.5, 0.6) is 5.75 Å². The number of aryl methyl sites for hydroxylation is 1. The maximum atomic E-state index is 6.58. The number of hydrogen-bond acceptors (Lipinski definition) is 3. The predicted octanol–water partition coefficient (Wildman–Crippen LogP) is 5.41. The van der Waals surface area contributed by atoms with Gasteiger partial charge in [0.25, 0.3) is 0 Å². The van der Waals surface area contributed by atoms with Crippen LogP contribution < -0.4 is 4.74 Å². The summed E-state index contributed by atoms with van der Waals surface area (Å²) in [7, 11) is 1.74. The lowest BCUT2D eigenvalue weighted by Crippen LogP contribution is -2.49. The largest absolute Gasteiger partial charge is 0.497 e. The summed E-state index contributed by atoms with van der Waals surface area (Å²) in [5.41, 5.74) is 1.87. The lowest BCUT2D eigenvalue weighted by Gasteiger charge is -2.50. The van der Waals surface area contributed by atoms with E-state index < -0.39 is 0 Å². The fraction of sp³-hybridized carbons (Fsp3) is 0.750. The Morgan fingerprint density at radius 2 is 2.04 bits per heavy atom. The first-order valence-electron chi connectivity index (χ1n) is 10.7. The number of rotatable bonds is 5. The Bertz CT molecular complexity index is 678. The molecule has 2 aliphatic carbocycles. The van der Waals surface area contributed by atoms with Crippen molar-refractivity contribution in [2.45, 2.75) is 84.0 Å². The molecule has 0 amide bonds. The van der Waals surface area contributed by atoms with Gasteiger partial charge in [-0.3, -0.25) is 0 Å². The molecule has 1 unspecified atom stereocenters. The van der Waals surface area contributed by atoms with Gasteiger partial charge in [-0.2, -0.15) is 0 Å². The van der Waals surface area contributed by atoms with E-state index in [0.29, 0.717) is 23.5 Å². The first-order valence-corrected chi connectivity index (χ1v) is 10.7. The van der Waals surface area contributed by atoms with Crippen molar-refractivity contribution in [1.82, 2.24) is 0 Å². The minimum atomic E-state index is -0.0805. The fourth-order valence-electron chi connectivity index (χ4n) is 6.40. The molecule has 3 nitrogen and oxygen atoms in total. The highest BCUT2D eigenvalue weighted by Crippen LogP contribution is 2.66. The quantitative estimate of drug-likeness (QED) is 0.692. The molecule has 1 heterocycles. The van der Waals surface area contributed by atoms with Gasteiger partial charge in [0.05, 0.1) is 31.5 Å². The van der Waals surface area contributed by atoms with Crippen LogP contribution in [-0.4, -0.2) is 31.5 Å². The second-order valence-corrected chi connectivity index (χ2v) is 10.4. The molecule has 4 rings (SSSR count). The Labute approximate surface area is 164 Å². The van der Waals surface area contributed by atoms with E-state index >= 15 is 0 Å². The third-order valence-corrected chi connectivity index (χ3v) is 7.40. The maximum Gasteiger partial charge on any atom is 0.119 e. The lowest BCUT2D eigenvalue weighted by atomic mass is 9.55. The molecular formula is C24H36O3. The SMILES string of the molecule is COc1cccc(CC[C@@]2(C)CCC[C@]34CO[C@@H](C[C@@H]3OC(C)(C)C)C24)c1. The normalized spacial score (nSPS) is 38.0. The van der Waals surface area contributed by atoms with Crippen LogP contribution in [-0.2, 0) is 15.9 Å². The van der Waals surface area contributed by atoms with Gasteiger partial charge >= 0.3 is 0 Å². The monoisotopic (exact) mass is 372 g/mol. The molecule has 3 aliphatic rings. The van der Waals surface area contributed by atoms with Crippen molar-refractivity contribution in [3.8, 4) is 5.75 Å². The zero-order chi connectivity index (χ0) is 19.3. The van der Waals surface area contributed by atoms with Gasteiger partial charge < -0.3 is 14.2 Å². The lowest BCUT2D eigenvalue weighted by molar-refractivity contribution is -0.151. The molecule has 0 spiro atoms. The summed E-state index contributed by atoms with van der Waals surface area (Å²) in [4.78, 5) is 0. The van der Waals surface area contributed by atoms with Crippen molar-refractivity contribution in [2.24, 2.45) is 16.7 Å². The van der Waals surface area contributed by atoms with Gasteiger partial charge in [0.15, 0.2) is 0 Å². The van der Waals surface area contributed by atoms with Crippen LogP contribution in [0.3, 0.4) is 0 Å². The molecule has 0 N–H and O–H groups in total. The molecule has 150 valence electrons. The Kier molecular flexibility index (Phi) is 4.83. The van der Waals surface area contributed by atoms with E-state index in [2.05, 4.69) is 45.9 Å². The van der Waals surface area contributed by atoms with E-state index in [0.717, 1.165) is 25.2 Å². The van der Waals surface area contributed by atoms with Crippen LogP contribution in [0.4, 0.5) is 0 Å². The third-order valence-electron chi connectivity index (χ3n) is 7.40. The maximum absolute atomic E-state index is 6.58. The highest BCUT2D eigenvalue weighted by Gasteiger charge is 2.67. The molecule has 1 aromatic rings. The third kappa shape index (κ3) is 3.42. The van der Waals surface area contributed by atoms with E-state index in [-0.39, 0.29) is 11.0 Å². The molecule has 2 bridgehead atoms. The molecule has 1 saturated heterocycles. The Balaban J connectivity index is 1.53. The Hall–Kier alpha value is -1.06. The summed E-state index contributed by atoms with van der Waals surface area (Å²) in [6.45, 7) is 9.99. The van der Waals surface area contributed by atoms with Crippen molar-refractivity contribution in [3.63, 3.8) is 0 Å². The van der Waals surface area contributed by atoms with Gasteiger partial charge in [-0.1, -0.05) is 25.5 Å². The van der Waals surface area contributed by atoms with Crippen molar-refractivity contribution in [3.05, 3.63) is 29.8 Å². The van der Waals surface area contributed by atoms with Gasteiger partial charge in [-0.25, -0.2) is 0 Å². The van der Waals surface area contributed by atoms with E-state index in [1.165, 1.54) is 31.2 Å². The van der Waals surface area contributed by atoms with Crippen LogP contribution in [0.15, 0.2) is 24.3 Å². The van der Waals surface area contributed by atoms with Gasteiger partial charge in [0.1, 0.15) is 5.75 Å². The first kappa shape index (κ1) is 19.3. The van der Waals surface area contributed by atoms with Crippen LogP contribution in [0.25, 0.3) is 0 Å². The highest BCUT2D eigenvalue weighted by molar-refractivity contribution is 5.28. The number of methoxy groups -OCH3 is 1. The summed E-state index contributed by atoms with van der Waals surface area (Å²) < 4.78 is 18.3. The minimum absolute atomic E-state index is 0.0805. The standard InChI is InChI=1S/C24H36O3/c1-22(2,3)27-20-15-19-21-23(4,11-7-12-24(20,21)16-26-19)13-10-17-8-6-9-18(14-17)25-5/h6,8-9,14,19-21H,7,10-13,15-16H2,1-5H3/t19-,20-,21?,23+,24-/m0/s1. The van der Waals surface area contributed by atoms with Crippen LogP contribution in [0.1, 0.15) is 65.4 Å². The summed E-state index contributed by atoms with van der Waals surface area (Å²) >= 11 is 0. The summed E-state index contributed by atoms with van der Waals surface area (Å²) in [6, 6.07) is 8.55. The fourth-order valence-corrected chi connectivity index (χ4v) is 6.40. The Morgan fingerprint density at radius 1 is 1.22 bits per heavy atom. The molecule has 3 fully saturated rings. The molecule has 3 heteroatoms. The Morgan fingerprint density at radius 3 is 2.78 bits per heavy atom. The average Bonchev–Trinajstić information content (AvgIpc) is 3.14. The van der Waals surface area contributed by atoms with Gasteiger partial charge in [-0.15, -0.1) is 0 Å². The van der Waals surface area contributed by atoms with E-state index in [4.69, 9.17) is 14.2 Å². The average molecular weight is 373 g/mol. The van der Waals surface area contributed by atoms with Gasteiger partial charge in [-0.05, 0) is 69.6 Å². The zero-order valence-electron chi connectivity index (χ0n) is 17.7. The molecule has 5 atom stereocenters. The summed E-state index contributed by atoms with van der Waals surface area (Å²) in [5, 5.41) is 0. The first-order chi connectivity index (χ1) is 12.8. The summed E-state index contributed by atoms with van der Waals surface area (Å²) in [6.07, 6.45) is 8.02. The van der Waals surface area contributed by atoms with E-state index in [1.807, 2.05) is 6.07 Å². The topological polar surface area (TPSA) is 27.7 Å². The second-order valence-electron chi connectivity index (χ2n) is 10.4. The predicted molar refractivity (Wildman–Crippen MR) is 108 cm³/mol. The van der Waals surface area contributed by atoms with Gasteiger partial charge in [0.2, 0.25) is 0 Å². The molecule has 0 aromatic heterocycles. The van der Waals surface area contributed by atoms with Crippen molar-refractivity contribution < 1.29 is 14.2 Å². The van der Waals surface area contributed by atoms with Crippen LogP contribution >= 0.6 is 0 Å². The molecule has 1 aliphatic heterocycles. The second kappa shape index (κ2) is 6.77. The number of ether oxygens (including phenoxy) is 3. The highest BCUT2D eigenvalue weighted by atomic mass is 16.5. The minimum Gasteiger partial charge on any atom is -0.497 e. The zero-order valence-corrected chi connectivity index (χ0v) is 17.7. The molecule has 1 aromatic carbocycles. The molecular weight excluding hydrogens is 336 g/mol. The number of benzene rings is 1. The van der Waals surface area contributed by atoms with E-state index in [1.54, 1.807) is 7.11 Å². The smallest absolute Gasteiger partial charge is 0.119 e. The van der Waals surface area contributed by atoms with E-state index in [9.17, 15) is 0 Å². The van der Waals surface area contributed by atoms with Crippen molar-refractivity contribution >= 4 is 0 Å². The van der Waals surface area contributed by atoms with Crippen LogP contribution in [0.2, 0.25) is 0 Å². The van der Waals surface area contributed by atoms with Crippen molar-refractivity contribution in [1.29, 1.82) is 0 Å². The van der Waals surface area contributed by atoms with Crippen LogP contribution in [0, 0.1) is 16.7 Å². The van der Waals surface area contributed by atoms with Gasteiger partial charge in [0, 0.05) is 17.8 Å². The molecule has 0 radical (unpaired) electrons. The number of hydrogen-bond donors (Lipinski definition) is 0. The molecule has 27 heavy (non-hydrogen) atoms. The molecule has 2 saturated carbocycles. The van der Waals surface area contributed by atoms with Crippen molar-refractivity contribution in [2.75, 3.05) is 13.7 Å². The summed E-state index contributed by atoms with van der Waals surface area (Å²) in [5.74, 6) is 1.59.